The van der Waals surface area contributed by atoms with Gasteiger partial charge in [-0.3, -0.25) is 0 Å². The molecule has 1 heterocycles. The first-order valence-corrected chi connectivity index (χ1v) is 7.04. The molecular formula is C18H16O2. The fourth-order valence-corrected chi connectivity index (χ4v) is 3.11. The highest BCUT2D eigenvalue weighted by Crippen LogP contribution is 2.54. The quantitative estimate of drug-likeness (QED) is 0.766. The highest BCUT2D eigenvalue weighted by Gasteiger charge is 2.44. The molecule has 3 atom stereocenters. The number of furan rings is 1. The van der Waals surface area contributed by atoms with E-state index in [4.69, 9.17) is 4.42 Å². The van der Waals surface area contributed by atoms with Crippen molar-refractivity contribution in [2.75, 3.05) is 0 Å². The topological polar surface area (TPSA) is 33.4 Å². The number of hydrogen-bond donors (Lipinski definition) is 1. The van der Waals surface area contributed by atoms with E-state index in [0.717, 1.165) is 23.0 Å². The molecule has 0 aliphatic heterocycles. The van der Waals surface area contributed by atoms with E-state index in [0.29, 0.717) is 11.8 Å². The lowest BCUT2D eigenvalue weighted by atomic mass is 10.0. The van der Waals surface area contributed by atoms with Crippen molar-refractivity contribution in [2.45, 2.75) is 18.4 Å². The zero-order valence-corrected chi connectivity index (χ0v) is 11.1. The van der Waals surface area contributed by atoms with E-state index in [2.05, 4.69) is 24.3 Å². The molecule has 3 aromatic rings. The third-order valence-corrected chi connectivity index (χ3v) is 4.30. The predicted molar refractivity (Wildman–Crippen MR) is 78.5 cm³/mol. The van der Waals surface area contributed by atoms with Gasteiger partial charge in [0.15, 0.2) is 0 Å². The van der Waals surface area contributed by atoms with Crippen molar-refractivity contribution in [3.63, 3.8) is 0 Å². The van der Waals surface area contributed by atoms with Gasteiger partial charge in [0.05, 0.1) is 12.4 Å². The van der Waals surface area contributed by atoms with E-state index in [1.165, 1.54) is 5.56 Å². The molecule has 0 amide bonds. The Morgan fingerprint density at radius 1 is 1.00 bits per heavy atom. The van der Waals surface area contributed by atoms with E-state index in [1.54, 1.807) is 6.26 Å². The summed E-state index contributed by atoms with van der Waals surface area (Å²) in [5.74, 6) is 0.776. The maximum absolute atomic E-state index is 10.6. The van der Waals surface area contributed by atoms with Crippen molar-refractivity contribution >= 4 is 11.0 Å². The number of hydrogen-bond acceptors (Lipinski definition) is 2. The summed E-state index contributed by atoms with van der Waals surface area (Å²) < 4.78 is 5.53. The van der Waals surface area contributed by atoms with Crippen LogP contribution in [0.5, 0.6) is 0 Å². The molecule has 3 unspecified atom stereocenters. The van der Waals surface area contributed by atoms with Crippen molar-refractivity contribution in [3.8, 4) is 0 Å². The third kappa shape index (κ3) is 1.84. The Kier molecular flexibility index (Phi) is 2.64. The fourth-order valence-electron chi connectivity index (χ4n) is 3.11. The van der Waals surface area contributed by atoms with Gasteiger partial charge in [0.1, 0.15) is 5.58 Å². The molecule has 2 aromatic carbocycles. The van der Waals surface area contributed by atoms with Crippen LogP contribution < -0.4 is 0 Å². The molecular weight excluding hydrogens is 248 g/mol. The Bertz CT molecular complexity index is 729. The third-order valence-electron chi connectivity index (χ3n) is 4.30. The van der Waals surface area contributed by atoms with Crippen LogP contribution in [0.15, 0.2) is 65.3 Å². The van der Waals surface area contributed by atoms with Gasteiger partial charge < -0.3 is 9.52 Å². The van der Waals surface area contributed by atoms with Crippen molar-refractivity contribution in [1.82, 2.24) is 0 Å². The average molecular weight is 264 g/mol. The highest BCUT2D eigenvalue weighted by molar-refractivity contribution is 5.81. The summed E-state index contributed by atoms with van der Waals surface area (Å²) in [6.45, 7) is 0. The van der Waals surface area contributed by atoms with Gasteiger partial charge in [-0.15, -0.1) is 0 Å². The van der Waals surface area contributed by atoms with Gasteiger partial charge >= 0.3 is 0 Å². The molecule has 2 heteroatoms. The number of aliphatic hydroxyl groups excluding tert-OH is 1. The summed E-state index contributed by atoms with van der Waals surface area (Å²) >= 11 is 0. The van der Waals surface area contributed by atoms with E-state index in [-0.39, 0.29) is 0 Å². The van der Waals surface area contributed by atoms with E-state index in [9.17, 15) is 5.11 Å². The summed E-state index contributed by atoms with van der Waals surface area (Å²) in [4.78, 5) is 0. The van der Waals surface area contributed by atoms with Gasteiger partial charge in [-0.05, 0) is 29.9 Å². The molecule has 20 heavy (non-hydrogen) atoms. The summed E-state index contributed by atoms with van der Waals surface area (Å²) in [5.41, 5.74) is 3.09. The Labute approximate surface area is 117 Å². The molecule has 2 nitrogen and oxygen atoms in total. The Morgan fingerprint density at radius 2 is 1.75 bits per heavy atom. The molecule has 0 spiro atoms. The van der Waals surface area contributed by atoms with Crippen LogP contribution in [0, 0.1) is 5.92 Å². The molecule has 1 saturated carbocycles. The second-order valence-electron chi connectivity index (χ2n) is 5.55. The van der Waals surface area contributed by atoms with Crippen LogP contribution in [-0.2, 0) is 0 Å². The lowest BCUT2D eigenvalue weighted by molar-refractivity contribution is 0.151. The molecule has 1 N–H and O–H groups in total. The normalized spacial score (nSPS) is 22.9. The minimum atomic E-state index is -0.441. The molecule has 1 aliphatic carbocycles. The number of benzene rings is 2. The Hall–Kier alpha value is -2.06. The van der Waals surface area contributed by atoms with Crippen molar-refractivity contribution in [1.29, 1.82) is 0 Å². The summed E-state index contributed by atoms with van der Waals surface area (Å²) in [6, 6.07) is 18.3. The average Bonchev–Trinajstić information content (AvgIpc) is 3.20. The summed E-state index contributed by atoms with van der Waals surface area (Å²) in [5, 5.41) is 11.6. The first-order valence-electron chi connectivity index (χ1n) is 7.04. The van der Waals surface area contributed by atoms with Crippen molar-refractivity contribution in [2.24, 2.45) is 5.92 Å². The molecule has 0 saturated heterocycles. The van der Waals surface area contributed by atoms with Crippen LogP contribution in [0.25, 0.3) is 11.0 Å². The van der Waals surface area contributed by atoms with Crippen molar-refractivity contribution in [3.05, 3.63) is 72.0 Å². The van der Waals surface area contributed by atoms with Gasteiger partial charge in [-0.25, -0.2) is 0 Å². The predicted octanol–water partition coefficient (Wildman–Crippen LogP) is 4.27. The second-order valence-corrected chi connectivity index (χ2v) is 5.55. The molecule has 1 aliphatic rings. The van der Waals surface area contributed by atoms with Crippen LogP contribution >= 0.6 is 0 Å². The smallest absolute Gasteiger partial charge is 0.134 e. The second kappa shape index (κ2) is 4.50. The van der Waals surface area contributed by atoms with E-state index < -0.39 is 6.10 Å². The van der Waals surface area contributed by atoms with Crippen LogP contribution in [0.4, 0.5) is 0 Å². The van der Waals surface area contributed by atoms with Crippen LogP contribution in [0.1, 0.15) is 29.6 Å². The standard InChI is InChI=1S/C18H16O2/c19-18(15-10-14(15)12-6-2-1-3-7-12)16-11-20-17-9-5-4-8-13(16)17/h1-9,11,14-15,18-19H,10H2. The lowest BCUT2D eigenvalue weighted by Gasteiger charge is -2.08. The largest absolute Gasteiger partial charge is 0.464 e. The number of aliphatic hydroxyl groups is 1. The summed E-state index contributed by atoms with van der Waals surface area (Å²) in [6.07, 6.45) is 2.31. The number of rotatable bonds is 3. The first-order chi connectivity index (χ1) is 9.84. The molecule has 1 aromatic heterocycles. The maximum Gasteiger partial charge on any atom is 0.134 e. The molecule has 4 rings (SSSR count). The monoisotopic (exact) mass is 264 g/mol. The fraction of sp³-hybridized carbons (Fsp3) is 0.222. The van der Waals surface area contributed by atoms with E-state index in [1.807, 2.05) is 30.3 Å². The maximum atomic E-state index is 10.6. The van der Waals surface area contributed by atoms with Crippen LogP contribution in [-0.4, -0.2) is 5.11 Å². The molecule has 0 radical (unpaired) electrons. The zero-order chi connectivity index (χ0) is 13.5. The lowest BCUT2D eigenvalue weighted by Crippen LogP contribution is -2.00. The van der Waals surface area contributed by atoms with Gasteiger partial charge in [0.25, 0.3) is 0 Å². The zero-order valence-electron chi connectivity index (χ0n) is 11.1. The molecule has 0 bridgehead atoms. The number of fused-ring (bicyclic) bond motifs is 1. The molecule has 1 fully saturated rings. The van der Waals surface area contributed by atoms with Gasteiger partial charge in [-0.2, -0.15) is 0 Å². The summed E-state index contributed by atoms with van der Waals surface area (Å²) in [7, 11) is 0. The van der Waals surface area contributed by atoms with Gasteiger partial charge in [0.2, 0.25) is 0 Å². The van der Waals surface area contributed by atoms with Crippen LogP contribution in [0.2, 0.25) is 0 Å². The minimum absolute atomic E-state index is 0.304. The first kappa shape index (κ1) is 11.7. The van der Waals surface area contributed by atoms with Gasteiger partial charge in [0, 0.05) is 10.9 Å². The Morgan fingerprint density at radius 3 is 2.60 bits per heavy atom. The van der Waals surface area contributed by atoms with E-state index >= 15 is 0 Å². The van der Waals surface area contributed by atoms with Crippen molar-refractivity contribution < 1.29 is 9.52 Å². The Balaban J connectivity index is 1.61. The highest BCUT2D eigenvalue weighted by atomic mass is 16.3. The minimum Gasteiger partial charge on any atom is -0.464 e. The van der Waals surface area contributed by atoms with Crippen LogP contribution in [0.3, 0.4) is 0 Å². The number of para-hydroxylation sites is 1. The van der Waals surface area contributed by atoms with Gasteiger partial charge in [-0.1, -0.05) is 48.5 Å². The molecule has 100 valence electrons. The SMILES string of the molecule is OC(c1coc2ccccc12)C1CC1c1ccccc1.